The first kappa shape index (κ1) is 18.0. The third kappa shape index (κ3) is 2.72. The summed E-state index contributed by atoms with van der Waals surface area (Å²) in [4.78, 5) is 17.9. The molecule has 11 heteroatoms. The van der Waals surface area contributed by atoms with Gasteiger partial charge < -0.3 is 25.5 Å². The molecule has 0 amide bonds. The van der Waals surface area contributed by atoms with Crippen molar-refractivity contribution in [3.63, 3.8) is 0 Å². The third-order valence-electron chi connectivity index (χ3n) is 4.43. The number of aromatic amines is 1. The van der Waals surface area contributed by atoms with Gasteiger partial charge in [0.05, 0.1) is 12.0 Å². The molecule has 3 heterocycles. The summed E-state index contributed by atoms with van der Waals surface area (Å²) in [5, 5.41) is 56.1. The molecule has 142 valence electrons. The molecule has 0 aliphatic carbocycles. The Balaban J connectivity index is 1.90. The predicted molar refractivity (Wildman–Crippen MR) is 96.6 cm³/mol. The number of fused-ring (bicyclic) bond motifs is 4. The maximum Gasteiger partial charge on any atom is 0.270 e. The minimum absolute atomic E-state index is 0.0671. The number of rotatable bonds is 5. The predicted octanol–water partition coefficient (Wildman–Crippen LogP) is -1.11. The van der Waals surface area contributed by atoms with Crippen LogP contribution in [0.4, 0.5) is 0 Å². The minimum atomic E-state index is -1.89. The molecule has 10 nitrogen and oxygen atoms in total. The summed E-state index contributed by atoms with van der Waals surface area (Å²) in [5.74, 6) is -0.200. The van der Waals surface area contributed by atoms with Crippen molar-refractivity contribution in [3.8, 4) is 0 Å². The van der Waals surface area contributed by atoms with Gasteiger partial charge in [0.1, 0.15) is 29.2 Å². The van der Waals surface area contributed by atoms with Crippen LogP contribution in [0.1, 0.15) is 11.9 Å². The average molecular weight is 392 g/mol. The molecule has 0 aliphatic heterocycles. The molecule has 0 bridgehead atoms. The van der Waals surface area contributed by atoms with E-state index in [9.17, 15) is 25.2 Å². The SMILES string of the molecule is O=c1c2c(nc3[nH]nc([C@@H](O)[C@@H](O)[C@H](O)[C@H](O)CO)n13)sc1ccccc12. The molecule has 0 saturated heterocycles. The fourth-order valence-electron chi connectivity index (χ4n) is 2.99. The van der Waals surface area contributed by atoms with E-state index in [1.807, 2.05) is 12.1 Å². The van der Waals surface area contributed by atoms with Crippen LogP contribution in [-0.4, -0.2) is 70.0 Å². The lowest BCUT2D eigenvalue weighted by Gasteiger charge is -2.24. The number of thiophene rings is 1. The fourth-order valence-corrected chi connectivity index (χ4v) is 4.06. The van der Waals surface area contributed by atoms with Gasteiger partial charge in [-0.15, -0.1) is 11.3 Å². The van der Waals surface area contributed by atoms with Crippen molar-refractivity contribution in [1.82, 2.24) is 19.6 Å². The molecule has 0 unspecified atom stereocenters. The van der Waals surface area contributed by atoms with Crippen molar-refractivity contribution >= 4 is 37.4 Å². The number of H-pyrrole nitrogens is 1. The molecule has 1 aromatic carbocycles. The van der Waals surface area contributed by atoms with Crippen molar-refractivity contribution in [3.05, 3.63) is 40.4 Å². The van der Waals surface area contributed by atoms with Gasteiger partial charge in [-0.2, -0.15) is 5.10 Å². The van der Waals surface area contributed by atoms with Crippen molar-refractivity contribution in [2.75, 3.05) is 6.61 Å². The fraction of sp³-hybridized carbons (Fsp3) is 0.312. The van der Waals surface area contributed by atoms with Crippen molar-refractivity contribution in [1.29, 1.82) is 0 Å². The van der Waals surface area contributed by atoms with Gasteiger partial charge in [-0.05, 0) is 6.07 Å². The number of aliphatic hydroxyl groups is 5. The smallest absolute Gasteiger partial charge is 0.270 e. The number of aliphatic hydroxyl groups excluding tert-OH is 5. The van der Waals surface area contributed by atoms with Crippen LogP contribution in [-0.2, 0) is 0 Å². The van der Waals surface area contributed by atoms with Crippen molar-refractivity contribution in [2.45, 2.75) is 24.4 Å². The number of nitrogens with one attached hydrogen (secondary N) is 1. The normalized spacial score (nSPS) is 16.8. The highest BCUT2D eigenvalue weighted by molar-refractivity contribution is 7.25. The Kier molecular flexibility index (Phi) is 4.42. The van der Waals surface area contributed by atoms with E-state index < -0.39 is 36.6 Å². The van der Waals surface area contributed by atoms with Gasteiger partial charge in [0.2, 0.25) is 5.78 Å². The van der Waals surface area contributed by atoms with Gasteiger partial charge in [-0.3, -0.25) is 4.79 Å². The molecule has 0 fully saturated rings. The molecule has 0 saturated carbocycles. The van der Waals surface area contributed by atoms with Crippen LogP contribution in [0.2, 0.25) is 0 Å². The molecule has 27 heavy (non-hydrogen) atoms. The summed E-state index contributed by atoms with van der Waals surface area (Å²) < 4.78 is 1.90. The molecular formula is C16H16N4O6S. The van der Waals surface area contributed by atoms with Crippen molar-refractivity contribution in [2.24, 2.45) is 0 Å². The highest BCUT2D eigenvalue weighted by Crippen LogP contribution is 2.30. The first-order valence-corrected chi connectivity index (χ1v) is 8.87. The molecule has 4 aromatic rings. The molecule has 6 N–H and O–H groups in total. The first-order chi connectivity index (χ1) is 12.9. The Morgan fingerprint density at radius 3 is 2.63 bits per heavy atom. The molecule has 4 atom stereocenters. The highest BCUT2D eigenvalue weighted by atomic mass is 32.1. The Labute approximate surface area is 154 Å². The zero-order valence-corrected chi connectivity index (χ0v) is 14.5. The number of aromatic nitrogens is 4. The van der Waals surface area contributed by atoms with E-state index in [-0.39, 0.29) is 11.6 Å². The number of hydrogen-bond acceptors (Lipinski definition) is 9. The van der Waals surface area contributed by atoms with E-state index in [4.69, 9.17) is 5.11 Å². The molecule has 0 radical (unpaired) electrons. The summed E-state index contributed by atoms with van der Waals surface area (Å²) >= 11 is 1.34. The van der Waals surface area contributed by atoms with Crippen LogP contribution in [0.3, 0.4) is 0 Å². The lowest BCUT2D eigenvalue weighted by molar-refractivity contribution is -0.118. The van der Waals surface area contributed by atoms with Crippen LogP contribution in [0.15, 0.2) is 29.1 Å². The van der Waals surface area contributed by atoms with Gasteiger partial charge in [-0.25, -0.2) is 14.5 Å². The maximum atomic E-state index is 13.1. The topological polar surface area (TPSA) is 164 Å². The summed E-state index contributed by atoms with van der Waals surface area (Å²) in [6.45, 7) is -0.810. The standard InChI is InChI=1S/C16H16N4O6S/c21-5-7(22)10(23)11(24)12(25)13-18-19-16-17-14-9(15(26)20(13)16)6-3-1-2-4-8(6)27-14/h1-4,7,10-12,21-25H,5H2,(H,17,19)/t7-,10-,11+,12+/m1/s1. The van der Waals surface area contributed by atoms with Crippen LogP contribution in [0.25, 0.3) is 26.1 Å². The van der Waals surface area contributed by atoms with Gasteiger partial charge >= 0.3 is 0 Å². The van der Waals surface area contributed by atoms with E-state index >= 15 is 0 Å². The minimum Gasteiger partial charge on any atom is -0.394 e. The van der Waals surface area contributed by atoms with E-state index in [1.165, 1.54) is 11.3 Å². The van der Waals surface area contributed by atoms with Gasteiger partial charge in [-0.1, -0.05) is 18.2 Å². The zero-order chi connectivity index (χ0) is 19.3. The van der Waals surface area contributed by atoms with Crippen molar-refractivity contribution < 1.29 is 25.5 Å². The number of nitrogens with zero attached hydrogens (tertiary/aromatic N) is 3. The summed E-state index contributed by atoms with van der Waals surface area (Å²) in [7, 11) is 0. The zero-order valence-electron chi connectivity index (χ0n) is 13.7. The van der Waals surface area contributed by atoms with E-state index in [2.05, 4.69) is 15.2 Å². The van der Waals surface area contributed by atoms with Crippen LogP contribution in [0.5, 0.6) is 0 Å². The van der Waals surface area contributed by atoms with Gasteiger partial charge in [0, 0.05) is 10.1 Å². The molecule has 0 spiro atoms. The quantitative estimate of drug-likeness (QED) is 0.249. The largest absolute Gasteiger partial charge is 0.394 e. The lowest BCUT2D eigenvalue weighted by atomic mass is 10.0. The van der Waals surface area contributed by atoms with Gasteiger partial charge in [0.15, 0.2) is 5.82 Å². The van der Waals surface area contributed by atoms with E-state index in [1.54, 1.807) is 12.1 Å². The summed E-state index contributed by atoms with van der Waals surface area (Å²) in [6, 6.07) is 7.30. The highest BCUT2D eigenvalue weighted by Gasteiger charge is 2.34. The Morgan fingerprint density at radius 2 is 1.89 bits per heavy atom. The summed E-state index contributed by atoms with van der Waals surface area (Å²) in [5.41, 5.74) is -0.486. The van der Waals surface area contributed by atoms with Crippen LogP contribution in [0, 0.1) is 0 Å². The van der Waals surface area contributed by atoms with E-state index in [0.717, 1.165) is 9.10 Å². The second-order valence-corrected chi connectivity index (χ2v) is 7.14. The average Bonchev–Trinajstić information content (AvgIpc) is 3.27. The molecular weight excluding hydrogens is 376 g/mol. The Hall–Kier alpha value is -2.41. The van der Waals surface area contributed by atoms with Crippen LogP contribution < -0.4 is 5.56 Å². The summed E-state index contributed by atoms with van der Waals surface area (Å²) in [6.07, 6.45) is -7.20. The molecule has 4 rings (SSSR count). The Bertz CT molecular complexity index is 1180. The number of benzene rings is 1. The second kappa shape index (κ2) is 6.64. The monoisotopic (exact) mass is 392 g/mol. The second-order valence-electron chi connectivity index (χ2n) is 6.11. The number of hydrogen-bond donors (Lipinski definition) is 6. The first-order valence-electron chi connectivity index (χ1n) is 8.05. The third-order valence-corrected chi connectivity index (χ3v) is 5.50. The molecule has 3 aromatic heterocycles. The Morgan fingerprint density at radius 1 is 1.15 bits per heavy atom. The maximum absolute atomic E-state index is 13.1. The van der Waals surface area contributed by atoms with E-state index in [0.29, 0.717) is 15.6 Å². The van der Waals surface area contributed by atoms with Crippen LogP contribution >= 0.6 is 11.3 Å². The lowest BCUT2D eigenvalue weighted by Crippen LogP contribution is -2.43. The van der Waals surface area contributed by atoms with Gasteiger partial charge in [0.25, 0.3) is 5.56 Å². The molecule has 0 aliphatic rings.